The Labute approximate surface area is 150 Å². The predicted molar refractivity (Wildman–Crippen MR) is 90.2 cm³/mol. The van der Waals surface area contributed by atoms with E-state index in [-0.39, 0.29) is 24.4 Å². The highest BCUT2D eigenvalue weighted by molar-refractivity contribution is 5.90. The van der Waals surface area contributed by atoms with Crippen LogP contribution in [0, 0.1) is 0 Å². The molecule has 2 aliphatic carbocycles. The second-order valence-corrected chi connectivity index (χ2v) is 7.82. The van der Waals surface area contributed by atoms with Gasteiger partial charge < -0.3 is 25.2 Å². The minimum Gasteiger partial charge on any atom is -0.504 e. The van der Waals surface area contributed by atoms with Gasteiger partial charge in [-0.05, 0) is 24.5 Å². The molecule has 7 nitrogen and oxygen atoms in total. The zero-order chi connectivity index (χ0) is 18.4. The third-order valence-corrected chi connectivity index (χ3v) is 6.87. The van der Waals surface area contributed by atoms with E-state index in [1.807, 2.05) is 4.90 Å². The summed E-state index contributed by atoms with van der Waals surface area (Å²) in [4.78, 5) is 14.6. The normalized spacial score (nSPS) is 40.1. The number of aliphatic hydroxyl groups excluding tert-OH is 1. The van der Waals surface area contributed by atoms with E-state index in [2.05, 4.69) is 6.58 Å². The maximum atomic E-state index is 12.7. The summed E-state index contributed by atoms with van der Waals surface area (Å²) in [5, 5.41) is 43.4. The first-order chi connectivity index (χ1) is 12.4. The summed E-state index contributed by atoms with van der Waals surface area (Å²) >= 11 is 0. The zero-order valence-electron chi connectivity index (χ0n) is 14.2. The molecule has 1 aromatic carbocycles. The van der Waals surface area contributed by atoms with Crippen LogP contribution < -0.4 is 4.74 Å². The van der Waals surface area contributed by atoms with Crippen LogP contribution in [-0.2, 0) is 10.2 Å². The van der Waals surface area contributed by atoms with Gasteiger partial charge in [-0.2, -0.15) is 0 Å². The largest absolute Gasteiger partial charge is 0.504 e. The van der Waals surface area contributed by atoms with Crippen LogP contribution in [0.25, 0.3) is 0 Å². The first kappa shape index (κ1) is 16.1. The standard InChI is InChI=1S/C19H21NO6/c1-2-6-20-7-5-18-12-9-8-11(22)14(24)15(12)26-17(18)10(21)3-4-19(18,25)16(20)13(9)23/h2,8,13,16-17,22-25H,1,3-7H2/t13?,16-,17+,18+,19-/m1/s1. The molecule has 138 valence electrons. The van der Waals surface area contributed by atoms with E-state index in [1.54, 1.807) is 6.08 Å². The number of hydrogen-bond acceptors (Lipinski definition) is 7. The van der Waals surface area contributed by atoms with Crippen LogP contribution in [0.3, 0.4) is 0 Å². The molecule has 2 bridgehead atoms. The number of ether oxygens (including phenoxy) is 1. The zero-order valence-corrected chi connectivity index (χ0v) is 14.2. The number of carbonyl (C=O) groups excluding carboxylic acids is 1. The van der Waals surface area contributed by atoms with Gasteiger partial charge in [0.15, 0.2) is 23.4 Å². The van der Waals surface area contributed by atoms with E-state index in [0.29, 0.717) is 30.6 Å². The fourth-order valence-electron chi connectivity index (χ4n) is 5.91. The molecule has 0 amide bonds. The van der Waals surface area contributed by atoms with Gasteiger partial charge >= 0.3 is 0 Å². The number of nitrogens with zero attached hydrogens (tertiary/aromatic N) is 1. The molecule has 4 aliphatic rings. The second kappa shape index (κ2) is 4.79. The van der Waals surface area contributed by atoms with Gasteiger partial charge in [0.1, 0.15) is 0 Å². The Morgan fingerprint density at radius 3 is 2.88 bits per heavy atom. The van der Waals surface area contributed by atoms with Crippen molar-refractivity contribution in [1.29, 1.82) is 0 Å². The van der Waals surface area contributed by atoms with Crippen molar-refractivity contribution < 1.29 is 30.0 Å². The summed E-state index contributed by atoms with van der Waals surface area (Å²) in [5.74, 6) is -0.947. The molecule has 2 fully saturated rings. The summed E-state index contributed by atoms with van der Waals surface area (Å²) in [5.41, 5.74) is -1.49. The van der Waals surface area contributed by atoms with Crippen LogP contribution in [0.5, 0.6) is 17.2 Å². The monoisotopic (exact) mass is 359 g/mol. The van der Waals surface area contributed by atoms with Gasteiger partial charge in [0, 0.05) is 25.1 Å². The Morgan fingerprint density at radius 2 is 2.15 bits per heavy atom. The highest BCUT2D eigenvalue weighted by Gasteiger charge is 2.75. The van der Waals surface area contributed by atoms with Crippen molar-refractivity contribution in [1.82, 2.24) is 4.90 Å². The number of likely N-dealkylation sites (tertiary alicyclic amines) is 1. The van der Waals surface area contributed by atoms with Crippen molar-refractivity contribution in [3.05, 3.63) is 29.8 Å². The average Bonchev–Trinajstić information content (AvgIpc) is 2.95. The molecule has 0 aromatic heterocycles. The van der Waals surface area contributed by atoms with Crippen molar-refractivity contribution in [2.45, 2.75) is 48.5 Å². The summed E-state index contributed by atoms with van der Waals surface area (Å²) in [6.07, 6.45) is 0.556. The van der Waals surface area contributed by atoms with Gasteiger partial charge in [-0.25, -0.2) is 0 Å². The Hall–Kier alpha value is -2.09. The summed E-state index contributed by atoms with van der Waals surface area (Å²) < 4.78 is 5.84. The fraction of sp³-hybridized carbons (Fsp3) is 0.526. The molecule has 2 heterocycles. The molecule has 5 rings (SSSR count). The quantitative estimate of drug-likeness (QED) is 0.449. The Morgan fingerprint density at radius 1 is 1.38 bits per heavy atom. The number of benzene rings is 1. The van der Waals surface area contributed by atoms with Gasteiger partial charge in [-0.1, -0.05) is 6.08 Å². The Bertz CT molecular complexity index is 853. The van der Waals surface area contributed by atoms with Gasteiger partial charge in [-0.3, -0.25) is 9.69 Å². The number of phenolic OH excluding ortho intramolecular Hbond substituents is 2. The molecule has 26 heavy (non-hydrogen) atoms. The van der Waals surface area contributed by atoms with Crippen LogP contribution in [0.15, 0.2) is 18.7 Å². The number of hydrogen-bond donors (Lipinski definition) is 4. The highest BCUT2D eigenvalue weighted by Crippen LogP contribution is 2.67. The molecular weight excluding hydrogens is 338 g/mol. The number of aromatic hydroxyl groups is 2. The maximum Gasteiger partial charge on any atom is 0.200 e. The molecule has 1 unspecified atom stereocenters. The SMILES string of the molecule is C=CCN1CC[C@]23c4c5cc(O)c(O)c4O[C@H]2C(=O)CC[C@@]3(O)[C@H]1C5O. The number of piperidine rings is 1. The van der Waals surface area contributed by atoms with E-state index >= 15 is 0 Å². The average molecular weight is 359 g/mol. The van der Waals surface area contributed by atoms with E-state index in [0.717, 1.165) is 0 Å². The minimum absolute atomic E-state index is 0.0216. The second-order valence-electron chi connectivity index (χ2n) is 7.82. The van der Waals surface area contributed by atoms with E-state index < -0.39 is 40.8 Å². The van der Waals surface area contributed by atoms with Crippen LogP contribution in [-0.4, -0.2) is 61.9 Å². The lowest BCUT2D eigenvalue weighted by atomic mass is 9.48. The van der Waals surface area contributed by atoms with E-state index in [1.165, 1.54) is 6.07 Å². The van der Waals surface area contributed by atoms with Gasteiger partial charge in [0.2, 0.25) is 5.75 Å². The van der Waals surface area contributed by atoms with Crippen molar-refractivity contribution in [3.63, 3.8) is 0 Å². The van der Waals surface area contributed by atoms with Gasteiger partial charge in [-0.15, -0.1) is 6.58 Å². The molecule has 1 saturated heterocycles. The van der Waals surface area contributed by atoms with E-state index in [4.69, 9.17) is 4.74 Å². The molecule has 2 aliphatic heterocycles. The first-order valence-electron chi connectivity index (χ1n) is 8.91. The summed E-state index contributed by atoms with van der Waals surface area (Å²) in [7, 11) is 0. The molecule has 5 atom stereocenters. The van der Waals surface area contributed by atoms with Crippen LogP contribution >= 0.6 is 0 Å². The molecule has 1 saturated carbocycles. The van der Waals surface area contributed by atoms with Gasteiger partial charge in [0.25, 0.3) is 0 Å². The van der Waals surface area contributed by atoms with Crippen molar-refractivity contribution in [2.24, 2.45) is 0 Å². The van der Waals surface area contributed by atoms with Crippen molar-refractivity contribution in [3.8, 4) is 17.2 Å². The van der Waals surface area contributed by atoms with E-state index in [9.17, 15) is 25.2 Å². The lowest BCUT2D eigenvalue weighted by Crippen LogP contribution is -2.77. The Kier molecular flexibility index (Phi) is 2.97. The number of rotatable bonds is 2. The highest BCUT2D eigenvalue weighted by atomic mass is 16.5. The Balaban J connectivity index is 1.85. The summed E-state index contributed by atoms with van der Waals surface area (Å²) in [6, 6.07) is 0.686. The van der Waals surface area contributed by atoms with Crippen molar-refractivity contribution in [2.75, 3.05) is 13.1 Å². The maximum absolute atomic E-state index is 12.7. The van der Waals surface area contributed by atoms with Gasteiger partial charge in [0.05, 0.1) is 23.2 Å². The van der Waals surface area contributed by atoms with Crippen LogP contribution in [0.1, 0.15) is 36.5 Å². The number of phenols is 2. The number of carbonyl (C=O) groups is 1. The number of Topliss-reactive ketones (excluding diaryl/α,β-unsaturated/α-hetero) is 1. The molecule has 1 spiro atoms. The molecule has 0 radical (unpaired) electrons. The summed E-state index contributed by atoms with van der Waals surface area (Å²) in [6.45, 7) is 4.81. The van der Waals surface area contributed by atoms with Crippen molar-refractivity contribution >= 4 is 5.78 Å². The fourth-order valence-corrected chi connectivity index (χ4v) is 5.91. The molecular formula is C19H21NO6. The third kappa shape index (κ3) is 1.50. The topological polar surface area (TPSA) is 110 Å². The number of aliphatic hydroxyl groups is 2. The lowest BCUT2D eigenvalue weighted by Gasteiger charge is -2.63. The lowest BCUT2D eigenvalue weighted by molar-refractivity contribution is -0.209. The molecule has 1 aromatic rings. The first-order valence-corrected chi connectivity index (χ1v) is 8.91. The number of ketones is 1. The minimum atomic E-state index is -1.37. The molecule has 4 N–H and O–H groups in total. The predicted octanol–water partition coefficient (Wildman–Crippen LogP) is 0.498. The smallest absolute Gasteiger partial charge is 0.200 e. The van der Waals surface area contributed by atoms with Crippen LogP contribution in [0.4, 0.5) is 0 Å². The third-order valence-electron chi connectivity index (χ3n) is 6.87. The van der Waals surface area contributed by atoms with Crippen LogP contribution in [0.2, 0.25) is 0 Å². The molecule has 7 heteroatoms.